The molecule has 0 aromatic heterocycles. The topological polar surface area (TPSA) is 154 Å². The van der Waals surface area contributed by atoms with Crippen LogP contribution in [0.3, 0.4) is 0 Å². The molecule has 1 saturated heterocycles. The number of aliphatic hydroxyl groups excluding tert-OH is 1. The standard InChI is InChI=1S/C28H18N4O6/c29-13-20(25(33)14-9-11-15(12-10-14)32(37)38)26(34)30-31-27(35)23-21-16-5-1-2-6-17(16)22(24(23)28(31)36)19-8-4-3-7-18(19)21/h1-12,21-24,33H,(H,30,34)/b25-20-/t21?,22?,23-,24+. The van der Waals surface area contributed by atoms with Gasteiger partial charge in [0, 0.05) is 29.5 Å². The van der Waals surface area contributed by atoms with E-state index in [4.69, 9.17) is 0 Å². The van der Waals surface area contributed by atoms with Crippen molar-refractivity contribution >= 4 is 29.2 Å². The molecule has 1 fully saturated rings. The van der Waals surface area contributed by atoms with Crippen LogP contribution in [0.1, 0.15) is 39.7 Å². The number of nitro groups is 1. The van der Waals surface area contributed by atoms with Gasteiger partial charge in [0.25, 0.3) is 23.4 Å². The van der Waals surface area contributed by atoms with Crippen molar-refractivity contribution in [3.8, 4) is 6.07 Å². The summed E-state index contributed by atoms with van der Waals surface area (Å²) in [4.78, 5) is 50.5. The molecule has 0 saturated carbocycles. The molecule has 2 bridgehead atoms. The number of aliphatic hydroxyl groups is 1. The first kappa shape index (κ1) is 23.1. The van der Waals surface area contributed by atoms with Gasteiger partial charge in [-0.2, -0.15) is 10.3 Å². The highest BCUT2D eigenvalue weighted by Gasteiger charge is 2.62. The molecule has 10 heteroatoms. The van der Waals surface area contributed by atoms with Crippen LogP contribution in [0.25, 0.3) is 5.76 Å². The minimum Gasteiger partial charge on any atom is -0.506 e. The fourth-order valence-corrected chi connectivity index (χ4v) is 6.04. The maximum Gasteiger partial charge on any atom is 0.284 e. The summed E-state index contributed by atoms with van der Waals surface area (Å²) in [5.41, 5.74) is 5.12. The average molecular weight is 506 g/mol. The Morgan fingerprint density at radius 1 is 0.868 bits per heavy atom. The molecule has 10 nitrogen and oxygen atoms in total. The lowest BCUT2D eigenvalue weighted by atomic mass is 9.55. The molecule has 38 heavy (non-hydrogen) atoms. The van der Waals surface area contributed by atoms with Crippen molar-refractivity contribution in [2.24, 2.45) is 11.8 Å². The summed E-state index contributed by atoms with van der Waals surface area (Å²) in [6, 6.07) is 21.6. The van der Waals surface area contributed by atoms with E-state index in [9.17, 15) is 34.9 Å². The van der Waals surface area contributed by atoms with Crippen LogP contribution < -0.4 is 5.43 Å². The van der Waals surface area contributed by atoms with Crippen molar-refractivity contribution in [2.75, 3.05) is 0 Å². The van der Waals surface area contributed by atoms with Crippen molar-refractivity contribution < 1.29 is 24.4 Å². The summed E-state index contributed by atoms with van der Waals surface area (Å²) in [6.45, 7) is 0. The molecule has 2 N–H and O–H groups in total. The van der Waals surface area contributed by atoms with E-state index in [1.165, 1.54) is 12.1 Å². The number of carbonyl (C=O) groups excluding carboxylic acids is 3. The number of hydrazine groups is 1. The molecule has 2 atom stereocenters. The summed E-state index contributed by atoms with van der Waals surface area (Å²) in [6.07, 6.45) is 0. The first-order chi connectivity index (χ1) is 18.3. The molecule has 4 aliphatic rings. The molecule has 3 amide bonds. The lowest BCUT2D eigenvalue weighted by molar-refractivity contribution is -0.384. The first-order valence-electron chi connectivity index (χ1n) is 11.8. The van der Waals surface area contributed by atoms with Crippen LogP contribution in [0.5, 0.6) is 0 Å². The van der Waals surface area contributed by atoms with E-state index in [-0.39, 0.29) is 23.1 Å². The fraction of sp³-hybridized carbons (Fsp3) is 0.143. The molecule has 0 unspecified atom stereocenters. The van der Waals surface area contributed by atoms with E-state index >= 15 is 0 Å². The van der Waals surface area contributed by atoms with Crippen molar-refractivity contribution in [2.45, 2.75) is 11.8 Å². The van der Waals surface area contributed by atoms with Gasteiger partial charge in [-0.1, -0.05) is 48.5 Å². The second kappa shape index (κ2) is 8.38. The van der Waals surface area contributed by atoms with Crippen molar-refractivity contribution in [1.82, 2.24) is 10.4 Å². The smallest absolute Gasteiger partial charge is 0.284 e. The number of non-ortho nitro benzene ring substituents is 1. The predicted molar refractivity (Wildman–Crippen MR) is 132 cm³/mol. The lowest BCUT2D eigenvalue weighted by Crippen LogP contribution is -2.47. The van der Waals surface area contributed by atoms with E-state index < -0.39 is 45.8 Å². The molecule has 1 aliphatic heterocycles. The van der Waals surface area contributed by atoms with Gasteiger partial charge in [-0.25, -0.2) is 0 Å². The number of nitriles is 1. The number of carbonyl (C=O) groups is 3. The zero-order valence-corrected chi connectivity index (χ0v) is 19.6. The Morgan fingerprint density at radius 2 is 1.32 bits per heavy atom. The van der Waals surface area contributed by atoms with Crippen LogP contribution in [-0.4, -0.2) is 32.8 Å². The van der Waals surface area contributed by atoms with E-state index in [0.717, 1.165) is 34.4 Å². The number of amides is 3. The van der Waals surface area contributed by atoms with Gasteiger partial charge in [-0.3, -0.25) is 29.9 Å². The monoisotopic (exact) mass is 506 g/mol. The van der Waals surface area contributed by atoms with Gasteiger partial charge in [-0.15, -0.1) is 0 Å². The largest absolute Gasteiger partial charge is 0.506 e. The highest BCUT2D eigenvalue weighted by Crippen LogP contribution is 2.60. The van der Waals surface area contributed by atoms with E-state index in [0.29, 0.717) is 5.01 Å². The Hall–Kier alpha value is -5.30. The zero-order chi connectivity index (χ0) is 26.7. The minimum absolute atomic E-state index is 0.0148. The van der Waals surface area contributed by atoms with E-state index in [2.05, 4.69) is 5.43 Å². The third kappa shape index (κ3) is 3.15. The third-order valence-corrected chi connectivity index (χ3v) is 7.59. The summed E-state index contributed by atoms with van der Waals surface area (Å²) in [7, 11) is 0. The number of nitro benzene ring substituents is 1. The van der Waals surface area contributed by atoms with Crippen LogP contribution in [0.15, 0.2) is 78.4 Å². The van der Waals surface area contributed by atoms with Gasteiger partial charge in [0.2, 0.25) is 0 Å². The van der Waals surface area contributed by atoms with Gasteiger partial charge in [0.15, 0.2) is 5.57 Å². The molecule has 1 heterocycles. The summed E-state index contributed by atoms with van der Waals surface area (Å²) in [5.74, 6) is -5.24. The SMILES string of the molecule is N#C/C(C(=O)NN1C(=O)[C@@H]2C3c4ccccc4C(c4ccccc43)[C@@H]2C1=O)=C(/O)c1ccc([N+](=O)[O-])cc1. The fourth-order valence-electron chi connectivity index (χ4n) is 6.04. The average Bonchev–Trinajstić information content (AvgIpc) is 3.18. The van der Waals surface area contributed by atoms with Crippen LogP contribution in [-0.2, 0) is 14.4 Å². The molecule has 7 rings (SSSR count). The summed E-state index contributed by atoms with van der Waals surface area (Å²) in [5, 5.41) is 31.7. The summed E-state index contributed by atoms with van der Waals surface area (Å²) >= 11 is 0. The normalized spacial score (nSPS) is 23.1. The number of nitrogens with one attached hydrogen (secondary N) is 1. The highest BCUT2D eigenvalue weighted by atomic mass is 16.6. The molecule has 186 valence electrons. The van der Waals surface area contributed by atoms with Crippen LogP contribution in [0, 0.1) is 33.3 Å². The quantitative estimate of drug-likeness (QED) is 0.137. The molecule has 3 aromatic carbocycles. The van der Waals surface area contributed by atoms with Crippen molar-refractivity contribution in [3.05, 3.63) is 116 Å². The van der Waals surface area contributed by atoms with Crippen LogP contribution in [0.2, 0.25) is 0 Å². The van der Waals surface area contributed by atoms with Crippen molar-refractivity contribution in [3.63, 3.8) is 0 Å². The van der Waals surface area contributed by atoms with Gasteiger partial charge in [0.05, 0.1) is 16.8 Å². The van der Waals surface area contributed by atoms with E-state index in [1.807, 2.05) is 48.5 Å². The predicted octanol–water partition coefficient (Wildman–Crippen LogP) is 3.31. The maximum absolute atomic E-state index is 13.6. The van der Waals surface area contributed by atoms with Gasteiger partial charge >= 0.3 is 0 Å². The van der Waals surface area contributed by atoms with E-state index in [1.54, 1.807) is 6.07 Å². The summed E-state index contributed by atoms with van der Waals surface area (Å²) < 4.78 is 0. The molecular weight excluding hydrogens is 488 g/mol. The number of hydrogen-bond donors (Lipinski definition) is 2. The first-order valence-corrected chi connectivity index (χ1v) is 11.8. The Kier molecular flexibility index (Phi) is 5.10. The Labute approximate surface area is 215 Å². The molecular formula is C28H18N4O6. The Bertz CT molecular complexity index is 1520. The number of nitrogens with zero attached hydrogens (tertiary/aromatic N) is 3. The molecule has 0 spiro atoms. The second-order valence-corrected chi connectivity index (χ2v) is 9.36. The van der Waals surface area contributed by atoms with Crippen LogP contribution >= 0.6 is 0 Å². The van der Waals surface area contributed by atoms with Gasteiger partial charge in [-0.05, 0) is 34.4 Å². The molecule has 3 aliphatic carbocycles. The van der Waals surface area contributed by atoms with Crippen LogP contribution in [0.4, 0.5) is 5.69 Å². The minimum atomic E-state index is -1.15. The highest BCUT2D eigenvalue weighted by molar-refractivity contribution is 6.11. The molecule has 3 aromatic rings. The van der Waals surface area contributed by atoms with Gasteiger partial charge in [0.1, 0.15) is 11.8 Å². The zero-order valence-electron chi connectivity index (χ0n) is 19.6. The maximum atomic E-state index is 13.6. The lowest BCUT2D eigenvalue weighted by Gasteiger charge is -2.45. The number of hydrogen-bond acceptors (Lipinski definition) is 7. The Balaban J connectivity index is 1.34. The number of rotatable bonds is 4. The molecule has 0 radical (unpaired) electrons. The Morgan fingerprint density at radius 3 is 1.71 bits per heavy atom. The number of benzene rings is 3. The van der Waals surface area contributed by atoms with Crippen molar-refractivity contribution in [1.29, 1.82) is 5.26 Å². The van der Waals surface area contributed by atoms with Gasteiger partial charge < -0.3 is 5.11 Å². The third-order valence-electron chi connectivity index (χ3n) is 7.59. The second-order valence-electron chi connectivity index (χ2n) is 9.36. The number of imide groups is 1.